The number of nitrogens with zero attached hydrogens (tertiary/aromatic N) is 1. The second-order valence-electron chi connectivity index (χ2n) is 5.48. The molecular formula is C13H17ClN2O3S. The highest BCUT2D eigenvalue weighted by Crippen LogP contribution is 2.23. The lowest BCUT2D eigenvalue weighted by molar-refractivity contribution is 0.177. The van der Waals surface area contributed by atoms with Crippen molar-refractivity contribution < 1.29 is 13.5 Å². The highest BCUT2D eigenvalue weighted by atomic mass is 35.5. The second kappa shape index (κ2) is 6.10. The fourth-order valence-electron chi connectivity index (χ4n) is 1.50. The molecule has 5 nitrogen and oxygen atoms in total. The van der Waals surface area contributed by atoms with Crippen molar-refractivity contribution in [3.05, 3.63) is 28.8 Å². The summed E-state index contributed by atoms with van der Waals surface area (Å²) in [5, 5.41) is 18.4. The summed E-state index contributed by atoms with van der Waals surface area (Å²) in [6.07, 6.45) is 0. The lowest BCUT2D eigenvalue weighted by Crippen LogP contribution is -2.46. The molecule has 110 valence electrons. The van der Waals surface area contributed by atoms with Crippen molar-refractivity contribution >= 4 is 21.6 Å². The van der Waals surface area contributed by atoms with Crippen molar-refractivity contribution in [3.8, 4) is 6.07 Å². The van der Waals surface area contributed by atoms with Crippen LogP contribution < -0.4 is 4.72 Å². The third kappa shape index (κ3) is 3.93. The predicted octanol–water partition coefficient (Wildman–Crippen LogP) is 1.90. The summed E-state index contributed by atoms with van der Waals surface area (Å²) >= 11 is 5.77. The molecule has 1 aromatic rings. The molecule has 0 aliphatic heterocycles. The van der Waals surface area contributed by atoms with Gasteiger partial charge in [-0.15, -0.1) is 0 Å². The van der Waals surface area contributed by atoms with Crippen LogP contribution in [-0.2, 0) is 10.0 Å². The van der Waals surface area contributed by atoms with E-state index in [2.05, 4.69) is 4.72 Å². The fourth-order valence-corrected chi connectivity index (χ4v) is 3.12. The van der Waals surface area contributed by atoms with Gasteiger partial charge >= 0.3 is 0 Å². The van der Waals surface area contributed by atoms with E-state index in [0.29, 0.717) is 0 Å². The maximum Gasteiger partial charge on any atom is 0.240 e. The first kappa shape index (κ1) is 16.9. The molecule has 1 atom stereocenters. The van der Waals surface area contributed by atoms with E-state index in [9.17, 15) is 13.5 Å². The van der Waals surface area contributed by atoms with Gasteiger partial charge in [-0.3, -0.25) is 0 Å². The van der Waals surface area contributed by atoms with Crippen LogP contribution >= 0.6 is 11.6 Å². The number of aliphatic hydroxyl groups is 1. The third-order valence-corrected chi connectivity index (χ3v) is 4.69. The van der Waals surface area contributed by atoms with Crippen LogP contribution in [-0.4, -0.2) is 26.2 Å². The zero-order valence-electron chi connectivity index (χ0n) is 11.5. The topological polar surface area (TPSA) is 90.2 Å². The van der Waals surface area contributed by atoms with Crippen molar-refractivity contribution in [1.82, 2.24) is 4.72 Å². The first-order valence-electron chi connectivity index (χ1n) is 5.94. The van der Waals surface area contributed by atoms with E-state index in [1.807, 2.05) is 26.8 Å². The predicted molar refractivity (Wildman–Crippen MR) is 76.8 cm³/mol. The average Bonchev–Trinajstić information content (AvgIpc) is 2.35. The Morgan fingerprint density at radius 2 is 2.05 bits per heavy atom. The summed E-state index contributed by atoms with van der Waals surface area (Å²) in [6.45, 7) is 5.14. The van der Waals surface area contributed by atoms with Gasteiger partial charge in [-0.05, 0) is 23.6 Å². The minimum atomic E-state index is -3.82. The molecular weight excluding hydrogens is 300 g/mol. The number of hydrogen-bond acceptors (Lipinski definition) is 4. The monoisotopic (exact) mass is 316 g/mol. The van der Waals surface area contributed by atoms with Crippen LogP contribution in [0.25, 0.3) is 0 Å². The summed E-state index contributed by atoms with van der Waals surface area (Å²) in [5.41, 5.74) is -0.349. The minimum Gasteiger partial charge on any atom is -0.395 e. The second-order valence-corrected chi connectivity index (χ2v) is 7.60. The van der Waals surface area contributed by atoms with E-state index >= 15 is 0 Å². The zero-order chi connectivity index (χ0) is 15.6. The van der Waals surface area contributed by atoms with Crippen LogP contribution in [0.5, 0.6) is 0 Å². The van der Waals surface area contributed by atoms with Crippen LogP contribution in [0, 0.1) is 16.7 Å². The first-order chi connectivity index (χ1) is 9.11. The Balaban J connectivity index is 3.15. The number of nitrogens with one attached hydrogen (secondary N) is 1. The maximum atomic E-state index is 12.3. The van der Waals surface area contributed by atoms with Crippen LogP contribution in [0.1, 0.15) is 26.3 Å². The Labute approximate surface area is 124 Å². The molecule has 20 heavy (non-hydrogen) atoms. The van der Waals surface area contributed by atoms with Gasteiger partial charge in [0.15, 0.2) is 0 Å². The average molecular weight is 317 g/mol. The van der Waals surface area contributed by atoms with Crippen LogP contribution in [0.15, 0.2) is 23.1 Å². The highest BCUT2D eigenvalue weighted by Gasteiger charge is 2.29. The number of rotatable bonds is 4. The van der Waals surface area contributed by atoms with Crippen molar-refractivity contribution in [1.29, 1.82) is 5.26 Å². The third-order valence-electron chi connectivity index (χ3n) is 2.89. The van der Waals surface area contributed by atoms with Gasteiger partial charge in [0.2, 0.25) is 10.0 Å². The van der Waals surface area contributed by atoms with E-state index in [4.69, 9.17) is 16.9 Å². The van der Waals surface area contributed by atoms with E-state index < -0.39 is 21.5 Å². The normalized spacial score (nSPS) is 13.8. The van der Waals surface area contributed by atoms with Crippen molar-refractivity contribution in [3.63, 3.8) is 0 Å². The van der Waals surface area contributed by atoms with Crippen LogP contribution in [0.3, 0.4) is 0 Å². The van der Waals surface area contributed by atoms with Gasteiger partial charge in [0.05, 0.1) is 22.1 Å². The van der Waals surface area contributed by atoms with E-state index in [1.54, 1.807) is 0 Å². The molecule has 0 amide bonds. The molecule has 0 fully saturated rings. The summed E-state index contributed by atoms with van der Waals surface area (Å²) < 4.78 is 26.9. The Morgan fingerprint density at radius 3 is 2.50 bits per heavy atom. The van der Waals surface area contributed by atoms with Crippen molar-refractivity contribution in [2.24, 2.45) is 5.41 Å². The van der Waals surface area contributed by atoms with E-state index in [-0.39, 0.29) is 22.1 Å². The molecule has 0 aliphatic carbocycles. The molecule has 0 bridgehead atoms. The van der Waals surface area contributed by atoms with Gasteiger partial charge in [-0.2, -0.15) is 5.26 Å². The van der Waals surface area contributed by atoms with Crippen LogP contribution in [0.4, 0.5) is 0 Å². The Kier molecular flexibility index (Phi) is 5.16. The fraction of sp³-hybridized carbons (Fsp3) is 0.462. The molecule has 0 saturated heterocycles. The summed E-state index contributed by atoms with van der Waals surface area (Å²) in [7, 11) is -3.82. The van der Waals surface area contributed by atoms with Crippen LogP contribution in [0.2, 0.25) is 5.02 Å². The number of benzene rings is 1. The molecule has 1 aromatic carbocycles. The van der Waals surface area contributed by atoms with Crippen molar-refractivity contribution in [2.75, 3.05) is 6.61 Å². The minimum absolute atomic E-state index is 0.0545. The molecule has 0 unspecified atom stereocenters. The van der Waals surface area contributed by atoms with Gasteiger partial charge < -0.3 is 5.11 Å². The Morgan fingerprint density at radius 1 is 1.45 bits per heavy atom. The van der Waals surface area contributed by atoms with Gasteiger partial charge in [0, 0.05) is 6.04 Å². The quantitative estimate of drug-likeness (QED) is 0.887. The van der Waals surface area contributed by atoms with Gasteiger partial charge in [-0.1, -0.05) is 32.4 Å². The summed E-state index contributed by atoms with van der Waals surface area (Å²) in [6, 6.07) is 5.09. The zero-order valence-corrected chi connectivity index (χ0v) is 13.1. The molecule has 1 rings (SSSR count). The molecule has 7 heteroatoms. The smallest absolute Gasteiger partial charge is 0.240 e. The SMILES string of the molecule is CC(C)(C)[C@@H](CO)NS(=O)(=O)c1ccc(Cl)c(C#N)c1. The largest absolute Gasteiger partial charge is 0.395 e. The van der Waals surface area contributed by atoms with Gasteiger partial charge in [0.25, 0.3) is 0 Å². The standard InChI is InChI=1S/C13H17ClN2O3S/c1-13(2,3)12(8-17)16-20(18,19)10-4-5-11(14)9(6-10)7-15/h4-6,12,16-17H,8H2,1-3H3/t12-/m1/s1. The molecule has 0 aliphatic rings. The first-order valence-corrected chi connectivity index (χ1v) is 7.81. The summed E-state index contributed by atoms with van der Waals surface area (Å²) in [5.74, 6) is 0. The molecule has 0 saturated carbocycles. The lowest BCUT2D eigenvalue weighted by atomic mass is 9.88. The Hall–Kier alpha value is -1.13. The molecule has 2 N–H and O–H groups in total. The Bertz CT molecular complexity index is 630. The number of halogens is 1. The number of hydrogen-bond donors (Lipinski definition) is 2. The number of aliphatic hydroxyl groups excluding tert-OH is 1. The molecule has 0 radical (unpaired) electrons. The summed E-state index contributed by atoms with van der Waals surface area (Å²) in [4.78, 5) is -0.0545. The lowest BCUT2D eigenvalue weighted by Gasteiger charge is -2.29. The van der Waals surface area contributed by atoms with Crippen molar-refractivity contribution in [2.45, 2.75) is 31.7 Å². The van der Waals surface area contributed by atoms with E-state index in [0.717, 1.165) is 0 Å². The highest BCUT2D eigenvalue weighted by molar-refractivity contribution is 7.89. The van der Waals surface area contributed by atoms with E-state index in [1.165, 1.54) is 18.2 Å². The molecule has 0 aromatic heterocycles. The number of sulfonamides is 1. The molecule has 0 heterocycles. The molecule has 0 spiro atoms. The van der Waals surface area contributed by atoms with Gasteiger partial charge in [0.1, 0.15) is 6.07 Å². The maximum absolute atomic E-state index is 12.3. The van der Waals surface area contributed by atoms with Gasteiger partial charge in [-0.25, -0.2) is 13.1 Å². The number of nitriles is 1.